The van der Waals surface area contributed by atoms with Crippen LogP contribution in [0.25, 0.3) is 11.1 Å². The van der Waals surface area contributed by atoms with Gasteiger partial charge in [-0.2, -0.15) is 0 Å². The van der Waals surface area contributed by atoms with Crippen molar-refractivity contribution in [2.75, 3.05) is 6.54 Å². The number of aliphatic hydroxyl groups excluding tert-OH is 1. The molecule has 7 aliphatic rings. The Balaban J connectivity index is 0.913. The summed E-state index contributed by atoms with van der Waals surface area (Å²) in [6, 6.07) is 25.1. The summed E-state index contributed by atoms with van der Waals surface area (Å²) in [5.74, 6) is 3.11. The lowest BCUT2D eigenvalue weighted by Gasteiger charge is -2.56. The highest BCUT2D eigenvalue weighted by Gasteiger charge is 2.52. The zero-order valence-electron chi connectivity index (χ0n) is 36.3. The number of hydrogen-bond donors (Lipinski definition) is 4. The number of carbonyl (C=O) groups is 2. The number of ether oxygens (including phenoxy) is 2. The molecule has 7 fully saturated rings. The van der Waals surface area contributed by atoms with Crippen molar-refractivity contribution in [1.29, 1.82) is 0 Å². The number of urea groups is 1. The van der Waals surface area contributed by atoms with Crippen LogP contribution < -0.4 is 16.0 Å². The molecule has 0 unspecified atom stereocenters. The topological polar surface area (TPSA) is 112 Å². The Labute approximate surface area is 357 Å². The molecule has 0 radical (unpaired) electrons. The van der Waals surface area contributed by atoms with E-state index >= 15 is 0 Å². The zero-order valence-corrected chi connectivity index (χ0v) is 36.3. The van der Waals surface area contributed by atoms with Gasteiger partial charge in [-0.1, -0.05) is 86.5 Å². The minimum absolute atomic E-state index is 0.00593. The van der Waals surface area contributed by atoms with E-state index in [1.54, 1.807) is 0 Å². The predicted octanol–water partition coefficient (Wildman–Crippen LogP) is 9.34. The molecule has 60 heavy (non-hydrogen) atoms. The van der Waals surface area contributed by atoms with E-state index in [2.05, 4.69) is 109 Å². The highest BCUT2D eigenvalue weighted by Crippen LogP contribution is 2.55. The van der Waals surface area contributed by atoms with Gasteiger partial charge in [-0.15, -0.1) is 0 Å². The van der Waals surface area contributed by atoms with Crippen molar-refractivity contribution >= 4 is 11.9 Å². The molecule has 2 heterocycles. The van der Waals surface area contributed by atoms with Gasteiger partial charge in [-0.25, -0.2) is 4.79 Å². The molecule has 2 aliphatic heterocycles. The van der Waals surface area contributed by atoms with Crippen LogP contribution in [0.15, 0.2) is 72.8 Å². The minimum atomic E-state index is -0.598. The Morgan fingerprint density at radius 2 is 1.48 bits per heavy atom. The van der Waals surface area contributed by atoms with Crippen LogP contribution in [0.5, 0.6) is 0 Å². The monoisotopic (exact) mass is 817 g/mol. The second-order valence-corrected chi connectivity index (χ2v) is 20.8. The summed E-state index contributed by atoms with van der Waals surface area (Å²) in [5, 5.41) is 19.7. The Kier molecular flexibility index (Phi) is 11.9. The van der Waals surface area contributed by atoms with Crippen LogP contribution in [0.4, 0.5) is 4.79 Å². The van der Waals surface area contributed by atoms with Gasteiger partial charge in [0.1, 0.15) is 0 Å². The second-order valence-electron chi connectivity index (χ2n) is 20.8. The fourth-order valence-electron chi connectivity index (χ4n) is 12.7. The maximum absolute atomic E-state index is 13.9. The Morgan fingerprint density at radius 3 is 2.17 bits per heavy atom. The highest BCUT2D eigenvalue weighted by molar-refractivity contribution is 5.82. The first kappa shape index (κ1) is 41.6. The van der Waals surface area contributed by atoms with E-state index in [9.17, 15) is 14.7 Å². The van der Waals surface area contributed by atoms with Crippen molar-refractivity contribution in [2.24, 2.45) is 29.6 Å². The van der Waals surface area contributed by atoms with Crippen molar-refractivity contribution in [3.8, 4) is 11.1 Å². The molecular weight excluding hydrogens is 749 g/mol. The molecular formula is C51H68N4O5. The lowest BCUT2D eigenvalue weighted by atomic mass is 9.53. The zero-order chi connectivity index (χ0) is 41.6. The molecule has 2 saturated heterocycles. The molecule has 4 bridgehead atoms. The van der Waals surface area contributed by atoms with Gasteiger partial charge in [0.2, 0.25) is 5.91 Å². The third kappa shape index (κ3) is 9.06. The number of fused-ring (bicyclic) bond motifs is 1. The molecule has 9 nitrogen and oxygen atoms in total. The second kappa shape index (κ2) is 17.2. The number of benzene rings is 3. The number of rotatable bonds is 10. The number of nitrogens with zero attached hydrogens (tertiary/aromatic N) is 1. The number of carbonyl (C=O) groups excluding carboxylic acids is 2. The van der Waals surface area contributed by atoms with Crippen LogP contribution in [0.2, 0.25) is 0 Å². The molecule has 3 aromatic carbocycles. The van der Waals surface area contributed by atoms with Crippen LogP contribution >= 0.6 is 0 Å². The number of likely N-dealkylation sites (tertiary alicyclic amines) is 1. The quantitative estimate of drug-likeness (QED) is 0.162. The fraction of sp³-hybridized carbons (Fsp3) is 0.608. The number of nitrogens with one attached hydrogen (secondary N) is 3. The van der Waals surface area contributed by atoms with Crippen LogP contribution in [0, 0.1) is 29.6 Å². The van der Waals surface area contributed by atoms with Crippen molar-refractivity contribution in [1.82, 2.24) is 20.9 Å². The molecule has 322 valence electrons. The first-order valence-electron chi connectivity index (χ1n) is 23.2. The molecule has 3 amide bonds. The Morgan fingerprint density at radius 1 is 0.800 bits per heavy atom. The third-order valence-electron chi connectivity index (χ3n) is 15.1. The number of amides is 3. The molecule has 10 rings (SSSR count). The summed E-state index contributed by atoms with van der Waals surface area (Å²) in [5.41, 5.74) is 5.80. The summed E-state index contributed by atoms with van der Waals surface area (Å²) >= 11 is 0. The fourth-order valence-corrected chi connectivity index (χ4v) is 12.7. The predicted molar refractivity (Wildman–Crippen MR) is 234 cm³/mol. The van der Waals surface area contributed by atoms with E-state index in [1.807, 2.05) is 12.1 Å². The van der Waals surface area contributed by atoms with Crippen molar-refractivity contribution < 1.29 is 24.2 Å². The summed E-state index contributed by atoms with van der Waals surface area (Å²) in [4.78, 5) is 29.7. The molecule has 9 heteroatoms. The summed E-state index contributed by atoms with van der Waals surface area (Å²) in [6.45, 7) is 9.53. The SMILES string of the molecule is C[C@@H]1[C@H](CN2[C@@H](C(=O)NC(C)(C)C)CC[C@H]3CCCC[C@H]32)O[C@H](c2ccc(-c3cccc(CNC(=O)NC45CC6CC(CC(C6)C4)C5)c3)cc2)O[C@@H]1c1ccc(CO)cc1. The summed E-state index contributed by atoms with van der Waals surface area (Å²) < 4.78 is 13.9. The normalized spacial score (nSPS) is 33.8. The van der Waals surface area contributed by atoms with Crippen molar-refractivity contribution in [3.63, 3.8) is 0 Å². The third-order valence-corrected chi connectivity index (χ3v) is 15.1. The van der Waals surface area contributed by atoms with E-state index in [0.717, 1.165) is 89.7 Å². The van der Waals surface area contributed by atoms with Gasteiger partial charge in [-0.05, 0) is 143 Å². The van der Waals surface area contributed by atoms with E-state index in [-0.39, 0.29) is 53.8 Å². The van der Waals surface area contributed by atoms with E-state index in [0.29, 0.717) is 25.0 Å². The van der Waals surface area contributed by atoms with Gasteiger partial charge in [0.05, 0.1) is 24.9 Å². The van der Waals surface area contributed by atoms with E-state index in [4.69, 9.17) is 9.47 Å². The molecule has 5 saturated carbocycles. The van der Waals surface area contributed by atoms with Crippen LogP contribution in [-0.2, 0) is 27.4 Å². The first-order valence-corrected chi connectivity index (χ1v) is 23.2. The smallest absolute Gasteiger partial charge is 0.315 e. The minimum Gasteiger partial charge on any atom is -0.392 e. The van der Waals surface area contributed by atoms with E-state index in [1.165, 1.54) is 38.5 Å². The largest absolute Gasteiger partial charge is 0.392 e. The van der Waals surface area contributed by atoms with Gasteiger partial charge in [-0.3, -0.25) is 9.69 Å². The van der Waals surface area contributed by atoms with Crippen LogP contribution in [-0.4, -0.2) is 57.8 Å². The standard InChI is InChI=1S/C51H68N4O5/c1-32-45(30-55-43-11-6-5-9-39(43)20-21-44(55)47(57)53-50(2,3)4)59-48(60-46(32)40-14-12-33(31-56)13-15-40)41-18-16-38(17-19-41)42-10-7-8-34(25-42)29-52-49(58)54-51-26-35-22-36(27-51)24-37(23-35)28-51/h7-8,10,12-19,25,32,35-37,39,43-46,48,56H,5-6,9,11,20-24,26-31H2,1-4H3,(H,53,57)(H2,52,54,58)/t32-,35?,36?,37?,39-,43-,44-,45+,46+,48+,51?/m1/s1. The van der Waals surface area contributed by atoms with Crippen LogP contribution in [0.1, 0.15) is 139 Å². The van der Waals surface area contributed by atoms with E-state index < -0.39 is 6.29 Å². The van der Waals surface area contributed by atoms with Crippen molar-refractivity contribution in [3.05, 3.63) is 95.1 Å². The lowest BCUT2D eigenvalue weighted by molar-refractivity contribution is -0.278. The summed E-state index contributed by atoms with van der Waals surface area (Å²) in [7, 11) is 0. The van der Waals surface area contributed by atoms with Gasteiger partial charge in [0.25, 0.3) is 0 Å². The first-order chi connectivity index (χ1) is 28.9. The molecule has 7 atom stereocenters. The Hall–Kier alpha value is -3.76. The van der Waals surface area contributed by atoms with Gasteiger partial charge < -0.3 is 30.5 Å². The van der Waals surface area contributed by atoms with Crippen LogP contribution in [0.3, 0.4) is 0 Å². The summed E-state index contributed by atoms with van der Waals surface area (Å²) in [6.07, 6.45) is 13.3. The number of hydrogen-bond acceptors (Lipinski definition) is 6. The average molecular weight is 817 g/mol. The number of aliphatic hydroxyl groups is 1. The van der Waals surface area contributed by atoms with Gasteiger partial charge in [0.15, 0.2) is 6.29 Å². The highest BCUT2D eigenvalue weighted by atomic mass is 16.7. The molecule has 3 aromatic rings. The lowest BCUT2D eigenvalue weighted by Crippen LogP contribution is -2.61. The van der Waals surface area contributed by atoms with Gasteiger partial charge in [0, 0.05) is 41.7 Å². The Bertz CT molecular complexity index is 1940. The number of piperidine rings is 1. The van der Waals surface area contributed by atoms with Crippen molar-refractivity contribution in [2.45, 2.75) is 160 Å². The molecule has 5 aliphatic carbocycles. The van der Waals surface area contributed by atoms with Gasteiger partial charge >= 0.3 is 6.03 Å². The molecule has 0 spiro atoms. The molecule has 0 aromatic heterocycles. The molecule has 4 N–H and O–H groups in total. The maximum Gasteiger partial charge on any atom is 0.315 e. The average Bonchev–Trinajstić information content (AvgIpc) is 3.22. The maximum atomic E-state index is 13.9.